The summed E-state index contributed by atoms with van der Waals surface area (Å²) in [5.41, 5.74) is 0. The van der Waals surface area contributed by atoms with Crippen LogP contribution in [-0.2, 0) is 4.79 Å². The van der Waals surface area contributed by atoms with Crippen LogP contribution in [0.1, 0.15) is 6.42 Å². The maximum atomic E-state index is 11.4. The monoisotopic (exact) mass is 154 g/mol. The predicted molar refractivity (Wildman–Crippen MR) is 42.1 cm³/mol. The molecule has 0 radical (unpaired) electrons. The summed E-state index contributed by atoms with van der Waals surface area (Å²) in [7, 11) is 3.64. The lowest BCUT2D eigenvalue weighted by atomic mass is 10.2. The zero-order valence-corrected chi connectivity index (χ0v) is 7.00. The molecule has 1 heterocycles. The Morgan fingerprint density at radius 3 is 2.64 bits per heavy atom. The lowest BCUT2D eigenvalue weighted by Gasteiger charge is -2.17. The van der Waals surface area contributed by atoms with Gasteiger partial charge in [-0.25, -0.2) is 0 Å². The van der Waals surface area contributed by atoms with Gasteiger partial charge in [0.15, 0.2) is 0 Å². The van der Waals surface area contributed by atoms with Crippen LogP contribution >= 0.6 is 0 Å². The van der Waals surface area contributed by atoms with Crippen molar-refractivity contribution in [3.05, 3.63) is 0 Å². The number of hydrogen-bond donors (Lipinski definition) is 1. The van der Waals surface area contributed by atoms with E-state index >= 15 is 0 Å². The molecule has 1 aliphatic carbocycles. The van der Waals surface area contributed by atoms with E-state index in [1.165, 1.54) is 6.42 Å². The zero-order chi connectivity index (χ0) is 8.01. The third-order valence-corrected chi connectivity index (χ3v) is 2.71. The average Bonchev–Trinajstić information content (AvgIpc) is 2.62. The summed E-state index contributed by atoms with van der Waals surface area (Å²) in [5.74, 6) is 1.71. The number of carbonyl (C=O) groups is 1. The predicted octanol–water partition coefficient (Wildman–Crippen LogP) is -0.317. The number of rotatable bonds is 1. The molecule has 0 aromatic rings. The molecule has 1 saturated heterocycles. The van der Waals surface area contributed by atoms with Gasteiger partial charge < -0.3 is 10.2 Å². The summed E-state index contributed by atoms with van der Waals surface area (Å²) in [6, 6.07) is 0.134. The number of likely N-dealkylation sites (N-methyl/N-ethyl adjacent to an activating group) is 1. The molecular formula is C8H14N2O. The van der Waals surface area contributed by atoms with Crippen LogP contribution < -0.4 is 5.32 Å². The van der Waals surface area contributed by atoms with E-state index in [1.807, 2.05) is 14.1 Å². The maximum absolute atomic E-state index is 11.4. The highest BCUT2D eigenvalue weighted by molar-refractivity contribution is 5.82. The molecule has 1 saturated carbocycles. The lowest BCUT2D eigenvalue weighted by molar-refractivity contribution is -0.131. The van der Waals surface area contributed by atoms with Crippen LogP contribution in [0.5, 0.6) is 0 Å². The van der Waals surface area contributed by atoms with E-state index in [1.54, 1.807) is 4.90 Å². The second-order valence-corrected chi connectivity index (χ2v) is 3.78. The molecule has 62 valence electrons. The highest BCUT2D eigenvalue weighted by Gasteiger charge is 2.51. The van der Waals surface area contributed by atoms with Crippen molar-refractivity contribution in [2.24, 2.45) is 11.8 Å². The molecule has 1 amide bonds. The molecule has 0 spiro atoms. The summed E-state index contributed by atoms with van der Waals surface area (Å²) in [6.07, 6.45) is 1.26. The number of amides is 1. The molecular weight excluding hydrogens is 140 g/mol. The van der Waals surface area contributed by atoms with Crippen molar-refractivity contribution in [2.75, 3.05) is 20.6 Å². The Kier molecular flexibility index (Phi) is 1.42. The number of nitrogens with one attached hydrogen (secondary N) is 1. The van der Waals surface area contributed by atoms with E-state index < -0.39 is 0 Å². The topological polar surface area (TPSA) is 32.3 Å². The molecule has 0 bridgehead atoms. The Hall–Kier alpha value is -0.570. The van der Waals surface area contributed by atoms with Gasteiger partial charge in [0, 0.05) is 14.1 Å². The molecule has 2 fully saturated rings. The van der Waals surface area contributed by atoms with Crippen LogP contribution in [0.2, 0.25) is 0 Å². The number of nitrogens with zero attached hydrogens (tertiary/aromatic N) is 1. The third kappa shape index (κ3) is 1.03. The highest BCUT2D eigenvalue weighted by atomic mass is 16.2. The van der Waals surface area contributed by atoms with E-state index in [0.29, 0.717) is 5.92 Å². The van der Waals surface area contributed by atoms with E-state index in [-0.39, 0.29) is 11.9 Å². The minimum atomic E-state index is 0.134. The summed E-state index contributed by atoms with van der Waals surface area (Å²) in [6.45, 7) is 1.05. The fourth-order valence-corrected chi connectivity index (χ4v) is 1.89. The average molecular weight is 154 g/mol. The number of fused-ring (bicyclic) bond motifs is 1. The van der Waals surface area contributed by atoms with Gasteiger partial charge in [-0.3, -0.25) is 4.79 Å². The number of hydrogen-bond acceptors (Lipinski definition) is 2. The number of piperidine rings is 1. The summed E-state index contributed by atoms with van der Waals surface area (Å²) >= 11 is 0. The van der Waals surface area contributed by atoms with Crippen molar-refractivity contribution in [3.8, 4) is 0 Å². The fraction of sp³-hybridized carbons (Fsp3) is 0.875. The van der Waals surface area contributed by atoms with Crippen LogP contribution in [0.3, 0.4) is 0 Å². The molecule has 3 heteroatoms. The molecule has 2 aliphatic rings. The second-order valence-electron chi connectivity index (χ2n) is 3.78. The Bertz CT molecular complexity index is 191. The van der Waals surface area contributed by atoms with Crippen molar-refractivity contribution in [2.45, 2.75) is 12.5 Å². The highest BCUT2D eigenvalue weighted by Crippen LogP contribution is 2.45. The van der Waals surface area contributed by atoms with E-state index in [0.717, 1.165) is 12.5 Å². The third-order valence-electron chi connectivity index (χ3n) is 2.71. The van der Waals surface area contributed by atoms with Gasteiger partial charge in [0.1, 0.15) is 0 Å². The van der Waals surface area contributed by atoms with Crippen LogP contribution in [0.4, 0.5) is 0 Å². The molecule has 3 unspecified atom stereocenters. The van der Waals surface area contributed by atoms with Gasteiger partial charge in [-0.1, -0.05) is 0 Å². The van der Waals surface area contributed by atoms with Gasteiger partial charge in [0.2, 0.25) is 5.91 Å². The first-order chi connectivity index (χ1) is 5.20. The maximum Gasteiger partial charge on any atom is 0.239 e. The van der Waals surface area contributed by atoms with E-state index in [2.05, 4.69) is 5.32 Å². The summed E-state index contributed by atoms with van der Waals surface area (Å²) < 4.78 is 0. The van der Waals surface area contributed by atoms with E-state index in [4.69, 9.17) is 0 Å². The molecule has 1 aliphatic heterocycles. The lowest BCUT2D eigenvalue weighted by Crippen LogP contribution is -2.42. The largest absolute Gasteiger partial charge is 0.347 e. The van der Waals surface area contributed by atoms with Gasteiger partial charge in [-0.15, -0.1) is 0 Å². The van der Waals surface area contributed by atoms with Crippen molar-refractivity contribution < 1.29 is 4.79 Å². The Labute approximate surface area is 66.8 Å². The van der Waals surface area contributed by atoms with Crippen molar-refractivity contribution in [1.29, 1.82) is 0 Å². The molecule has 2 rings (SSSR count). The number of carbonyl (C=O) groups excluding carboxylic acids is 1. The summed E-state index contributed by atoms with van der Waals surface area (Å²) in [5, 5.41) is 3.25. The first-order valence-electron chi connectivity index (χ1n) is 4.14. The molecule has 1 N–H and O–H groups in total. The first-order valence-corrected chi connectivity index (χ1v) is 4.14. The molecule has 11 heavy (non-hydrogen) atoms. The van der Waals surface area contributed by atoms with Gasteiger partial charge in [0.25, 0.3) is 0 Å². The smallest absolute Gasteiger partial charge is 0.239 e. The quantitative estimate of drug-likeness (QED) is 0.561. The van der Waals surface area contributed by atoms with Gasteiger partial charge in [-0.05, 0) is 24.8 Å². The molecule has 0 aromatic carbocycles. The molecule has 3 nitrogen and oxygen atoms in total. The first kappa shape index (κ1) is 7.10. The van der Waals surface area contributed by atoms with Crippen molar-refractivity contribution in [3.63, 3.8) is 0 Å². The standard InChI is InChI=1S/C8H14N2O/c1-10(2)8(11)7-6-3-5(6)4-9-7/h5-7,9H,3-4H2,1-2H3. The SMILES string of the molecule is CN(C)C(=O)C1NCC2CC21. The van der Waals surface area contributed by atoms with Crippen LogP contribution in [0.15, 0.2) is 0 Å². The minimum absolute atomic E-state index is 0.134. The van der Waals surface area contributed by atoms with Crippen LogP contribution in [0.25, 0.3) is 0 Å². The molecule has 0 aromatic heterocycles. The summed E-state index contributed by atoms with van der Waals surface area (Å²) in [4.78, 5) is 13.1. The fourth-order valence-electron chi connectivity index (χ4n) is 1.89. The van der Waals surface area contributed by atoms with Gasteiger partial charge in [-0.2, -0.15) is 0 Å². The van der Waals surface area contributed by atoms with Crippen molar-refractivity contribution in [1.82, 2.24) is 10.2 Å². The minimum Gasteiger partial charge on any atom is -0.347 e. The Balaban J connectivity index is 1.99. The normalized spacial score (nSPS) is 40.0. The molecule has 3 atom stereocenters. The van der Waals surface area contributed by atoms with Gasteiger partial charge in [0.05, 0.1) is 6.04 Å². The second kappa shape index (κ2) is 2.21. The van der Waals surface area contributed by atoms with Crippen molar-refractivity contribution >= 4 is 5.91 Å². The van der Waals surface area contributed by atoms with Crippen LogP contribution in [-0.4, -0.2) is 37.5 Å². The Morgan fingerprint density at radius 2 is 2.27 bits per heavy atom. The van der Waals surface area contributed by atoms with Gasteiger partial charge >= 0.3 is 0 Å². The Morgan fingerprint density at radius 1 is 1.55 bits per heavy atom. The van der Waals surface area contributed by atoms with E-state index in [9.17, 15) is 4.79 Å². The zero-order valence-electron chi connectivity index (χ0n) is 7.00. The van der Waals surface area contributed by atoms with Crippen LogP contribution in [0, 0.1) is 11.8 Å².